The Balaban J connectivity index is 2.38. The van der Waals surface area contributed by atoms with Crippen molar-refractivity contribution < 1.29 is 0 Å². The lowest BCUT2D eigenvalue weighted by Crippen LogP contribution is -2.12. The van der Waals surface area contributed by atoms with Crippen LogP contribution < -0.4 is 5.73 Å². The average molecular weight is 167 g/mol. The standard InChI is InChI=1S/C9H17N3/c1-8(7-10)3-4-9-11-5-6-12(9)2/h5-6,8H,3-4,7,10H2,1-2H3. The lowest BCUT2D eigenvalue weighted by Gasteiger charge is -2.07. The van der Waals surface area contributed by atoms with Gasteiger partial charge in [-0.2, -0.15) is 0 Å². The van der Waals surface area contributed by atoms with Crippen LogP contribution in [0.5, 0.6) is 0 Å². The second-order valence-corrected chi connectivity index (χ2v) is 3.33. The zero-order chi connectivity index (χ0) is 8.97. The minimum absolute atomic E-state index is 0.599. The number of hydrogen-bond donors (Lipinski definition) is 1. The van der Waals surface area contributed by atoms with Gasteiger partial charge in [-0.05, 0) is 18.9 Å². The summed E-state index contributed by atoms with van der Waals surface area (Å²) in [4.78, 5) is 4.24. The molecule has 0 saturated carbocycles. The van der Waals surface area contributed by atoms with Gasteiger partial charge in [0.1, 0.15) is 5.82 Å². The number of aryl methyl sites for hydroxylation is 2. The largest absolute Gasteiger partial charge is 0.338 e. The predicted molar refractivity (Wildman–Crippen MR) is 49.7 cm³/mol. The fourth-order valence-corrected chi connectivity index (χ4v) is 1.13. The first-order valence-corrected chi connectivity index (χ1v) is 4.40. The van der Waals surface area contributed by atoms with Crippen LogP contribution in [0.1, 0.15) is 19.2 Å². The van der Waals surface area contributed by atoms with Crippen molar-refractivity contribution in [1.82, 2.24) is 9.55 Å². The van der Waals surface area contributed by atoms with E-state index in [1.807, 2.05) is 19.4 Å². The number of aromatic nitrogens is 2. The maximum absolute atomic E-state index is 5.52. The summed E-state index contributed by atoms with van der Waals surface area (Å²) in [5.41, 5.74) is 5.52. The third-order valence-corrected chi connectivity index (χ3v) is 2.18. The summed E-state index contributed by atoms with van der Waals surface area (Å²) in [6.45, 7) is 2.94. The van der Waals surface area contributed by atoms with Gasteiger partial charge in [-0.1, -0.05) is 6.92 Å². The van der Waals surface area contributed by atoms with Gasteiger partial charge in [0.25, 0.3) is 0 Å². The molecule has 0 aromatic carbocycles. The van der Waals surface area contributed by atoms with Crippen molar-refractivity contribution >= 4 is 0 Å². The molecule has 0 fully saturated rings. The Morgan fingerprint density at radius 2 is 2.42 bits per heavy atom. The van der Waals surface area contributed by atoms with E-state index >= 15 is 0 Å². The first-order valence-electron chi connectivity index (χ1n) is 4.40. The molecule has 1 unspecified atom stereocenters. The normalized spacial score (nSPS) is 13.2. The highest BCUT2D eigenvalue weighted by atomic mass is 15.0. The molecule has 0 aliphatic carbocycles. The molecule has 12 heavy (non-hydrogen) atoms. The van der Waals surface area contributed by atoms with Gasteiger partial charge in [0.2, 0.25) is 0 Å². The monoisotopic (exact) mass is 167 g/mol. The number of nitrogens with two attached hydrogens (primary N) is 1. The first kappa shape index (κ1) is 9.26. The minimum atomic E-state index is 0.599. The Labute approximate surface area is 73.6 Å². The SMILES string of the molecule is CC(CN)CCc1nccn1C. The molecule has 0 radical (unpaired) electrons. The summed E-state index contributed by atoms with van der Waals surface area (Å²) in [5, 5.41) is 0. The van der Waals surface area contributed by atoms with Crippen molar-refractivity contribution in [3.8, 4) is 0 Å². The van der Waals surface area contributed by atoms with E-state index in [0.717, 1.165) is 25.2 Å². The fourth-order valence-electron chi connectivity index (χ4n) is 1.13. The smallest absolute Gasteiger partial charge is 0.108 e. The van der Waals surface area contributed by atoms with Gasteiger partial charge in [-0.3, -0.25) is 0 Å². The Hall–Kier alpha value is -0.830. The summed E-state index contributed by atoms with van der Waals surface area (Å²) in [6, 6.07) is 0. The van der Waals surface area contributed by atoms with E-state index in [-0.39, 0.29) is 0 Å². The van der Waals surface area contributed by atoms with Gasteiger partial charge in [0.05, 0.1) is 0 Å². The first-order chi connectivity index (χ1) is 5.74. The van der Waals surface area contributed by atoms with E-state index in [4.69, 9.17) is 5.73 Å². The zero-order valence-corrected chi connectivity index (χ0v) is 7.83. The Bertz CT molecular complexity index is 229. The highest BCUT2D eigenvalue weighted by molar-refractivity contribution is 4.91. The second kappa shape index (κ2) is 4.26. The average Bonchev–Trinajstić information content (AvgIpc) is 2.47. The van der Waals surface area contributed by atoms with Gasteiger partial charge in [0, 0.05) is 25.9 Å². The Morgan fingerprint density at radius 1 is 1.67 bits per heavy atom. The van der Waals surface area contributed by atoms with Crippen LogP contribution in [0, 0.1) is 5.92 Å². The van der Waals surface area contributed by atoms with E-state index in [1.165, 1.54) is 0 Å². The Morgan fingerprint density at radius 3 is 2.92 bits per heavy atom. The highest BCUT2D eigenvalue weighted by Gasteiger charge is 2.02. The summed E-state index contributed by atoms with van der Waals surface area (Å²) in [7, 11) is 2.02. The van der Waals surface area contributed by atoms with Crippen LogP contribution >= 0.6 is 0 Å². The maximum Gasteiger partial charge on any atom is 0.108 e. The van der Waals surface area contributed by atoms with Gasteiger partial charge < -0.3 is 10.3 Å². The van der Waals surface area contributed by atoms with E-state index in [2.05, 4.69) is 16.5 Å². The molecule has 0 amide bonds. The molecular weight excluding hydrogens is 150 g/mol. The Kier molecular flexibility index (Phi) is 3.29. The summed E-state index contributed by atoms with van der Waals surface area (Å²) in [6.07, 6.45) is 5.97. The molecule has 1 aromatic rings. The molecular formula is C9H17N3. The van der Waals surface area contributed by atoms with Gasteiger partial charge >= 0.3 is 0 Å². The van der Waals surface area contributed by atoms with Crippen LogP contribution in [0.25, 0.3) is 0 Å². The molecule has 3 heteroatoms. The van der Waals surface area contributed by atoms with Gasteiger partial charge in [0.15, 0.2) is 0 Å². The number of nitrogens with zero attached hydrogens (tertiary/aromatic N) is 2. The molecule has 1 heterocycles. The molecule has 68 valence electrons. The summed E-state index contributed by atoms with van der Waals surface area (Å²) in [5.74, 6) is 1.75. The molecule has 1 atom stereocenters. The lowest BCUT2D eigenvalue weighted by atomic mass is 10.1. The van der Waals surface area contributed by atoms with Crippen molar-refractivity contribution in [1.29, 1.82) is 0 Å². The van der Waals surface area contributed by atoms with Crippen LogP contribution in [0.3, 0.4) is 0 Å². The van der Waals surface area contributed by atoms with Crippen LogP contribution in [0.4, 0.5) is 0 Å². The van der Waals surface area contributed by atoms with Crippen molar-refractivity contribution in [2.24, 2.45) is 18.7 Å². The third kappa shape index (κ3) is 2.34. The zero-order valence-electron chi connectivity index (χ0n) is 7.83. The maximum atomic E-state index is 5.52. The lowest BCUT2D eigenvalue weighted by molar-refractivity contribution is 0.530. The molecule has 0 aliphatic rings. The minimum Gasteiger partial charge on any atom is -0.338 e. The van der Waals surface area contributed by atoms with Crippen LogP contribution in [-0.4, -0.2) is 16.1 Å². The second-order valence-electron chi connectivity index (χ2n) is 3.33. The number of rotatable bonds is 4. The van der Waals surface area contributed by atoms with Crippen LogP contribution in [0.15, 0.2) is 12.4 Å². The topological polar surface area (TPSA) is 43.8 Å². The van der Waals surface area contributed by atoms with Gasteiger partial charge in [-0.15, -0.1) is 0 Å². The van der Waals surface area contributed by atoms with Crippen molar-refractivity contribution in [3.63, 3.8) is 0 Å². The summed E-state index contributed by atoms with van der Waals surface area (Å²) >= 11 is 0. The van der Waals surface area contributed by atoms with Crippen molar-refractivity contribution in [2.45, 2.75) is 19.8 Å². The molecule has 0 spiro atoms. The highest BCUT2D eigenvalue weighted by Crippen LogP contribution is 2.05. The van der Waals surface area contributed by atoms with Crippen LogP contribution in [-0.2, 0) is 13.5 Å². The third-order valence-electron chi connectivity index (χ3n) is 2.18. The number of imidazole rings is 1. The quantitative estimate of drug-likeness (QED) is 0.725. The van der Waals surface area contributed by atoms with E-state index in [0.29, 0.717) is 5.92 Å². The molecule has 0 bridgehead atoms. The van der Waals surface area contributed by atoms with Crippen LogP contribution in [0.2, 0.25) is 0 Å². The fraction of sp³-hybridized carbons (Fsp3) is 0.667. The van der Waals surface area contributed by atoms with Crippen molar-refractivity contribution in [3.05, 3.63) is 18.2 Å². The molecule has 0 aliphatic heterocycles. The van der Waals surface area contributed by atoms with E-state index < -0.39 is 0 Å². The summed E-state index contributed by atoms with van der Waals surface area (Å²) < 4.78 is 2.06. The molecule has 2 N–H and O–H groups in total. The van der Waals surface area contributed by atoms with E-state index in [9.17, 15) is 0 Å². The molecule has 1 aromatic heterocycles. The molecule has 3 nitrogen and oxygen atoms in total. The molecule has 1 rings (SSSR count). The van der Waals surface area contributed by atoms with Gasteiger partial charge in [-0.25, -0.2) is 4.98 Å². The molecule has 0 saturated heterocycles. The van der Waals surface area contributed by atoms with Crippen molar-refractivity contribution in [2.75, 3.05) is 6.54 Å². The number of hydrogen-bond acceptors (Lipinski definition) is 2. The predicted octanol–water partition coefficient (Wildman–Crippen LogP) is 0.948. The van der Waals surface area contributed by atoms with E-state index in [1.54, 1.807) is 0 Å².